The van der Waals surface area contributed by atoms with Gasteiger partial charge in [0, 0.05) is 25.7 Å². The van der Waals surface area contributed by atoms with Crippen LogP contribution in [-0.2, 0) is 28.4 Å². The van der Waals surface area contributed by atoms with Crippen LogP contribution in [0.15, 0.2) is 6.08 Å². The van der Waals surface area contributed by atoms with E-state index in [1.807, 2.05) is 6.92 Å². The van der Waals surface area contributed by atoms with Crippen LogP contribution in [0, 0.1) is 20.8 Å². The second-order valence-corrected chi connectivity index (χ2v) is 6.34. The molecule has 2 heterocycles. The number of aromatic nitrogens is 4. The van der Waals surface area contributed by atoms with Gasteiger partial charge in [-0.05, 0) is 33.8 Å². The number of nitrogens with one attached hydrogen (secondary N) is 1. The summed E-state index contributed by atoms with van der Waals surface area (Å²) in [6.45, 7) is 6.92. The van der Waals surface area contributed by atoms with Crippen LogP contribution in [0.5, 0.6) is 0 Å². The molecule has 140 valence electrons. The van der Waals surface area contributed by atoms with Gasteiger partial charge in [0.05, 0.1) is 22.8 Å². The Labute approximate surface area is 156 Å². The van der Waals surface area contributed by atoms with Crippen molar-refractivity contribution in [1.82, 2.24) is 19.6 Å². The smallest absolute Gasteiger partial charge is 0.331 e. The molecule has 0 saturated heterocycles. The van der Waals surface area contributed by atoms with Gasteiger partial charge in [-0.1, -0.05) is 11.6 Å². The minimum atomic E-state index is -0.961. The first-order chi connectivity index (χ1) is 12.1. The number of carbonyl (C=O) groups is 2. The van der Waals surface area contributed by atoms with Crippen LogP contribution in [0.4, 0.5) is 5.69 Å². The summed E-state index contributed by atoms with van der Waals surface area (Å²) >= 11 is 6.10. The molecule has 0 aliphatic heterocycles. The van der Waals surface area contributed by atoms with Crippen LogP contribution in [0.3, 0.4) is 0 Å². The zero-order valence-corrected chi connectivity index (χ0v) is 16.4. The molecular weight excluding hydrogens is 358 g/mol. The Morgan fingerprint density at radius 3 is 2.27 bits per heavy atom. The van der Waals surface area contributed by atoms with Crippen molar-refractivity contribution in [3.05, 3.63) is 33.9 Å². The highest BCUT2D eigenvalue weighted by Crippen LogP contribution is 2.20. The molecule has 8 nitrogen and oxygen atoms in total. The Morgan fingerprint density at radius 2 is 1.77 bits per heavy atom. The largest absolute Gasteiger partial charge is 0.449 e. The van der Waals surface area contributed by atoms with Crippen LogP contribution >= 0.6 is 11.6 Å². The summed E-state index contributed by atoms with van der Waals surface area (Å²) in [5.74, 6) is -1.08. The van der Waals surface area contributed by atoms with Crippen molar-refractivity contribution in [2.75, 3.05) is 5.32 Å². The molecule has 1 amide bonds. The van der Waals surface area contributed by atoms with E-state index in [9.17, 15) is 9.59 Å². The number of amides is 1. The number of hydrogen-bond donors (Lipinski definition) is 1. The molecule has 1 N–H and O–H groups in total. The number of rotatable bonds is 5. The lowest BCUT2D eigenvalue weighted by Crippen LogP contribution is -2.29. The second kappa shape index (κ2) is 7.74. The van der Waals surface area contributed by atoms with Crippen LogP contribution < -0.4 is 5.32 Å². The highest BCUT2D eigenvalue weighted by Gasteiger charge is 2.20. The van der Waals surface area contributed by atoms with Crippen molar-refractivity contribution < 1.29 is 14.3 Å². The highest BCUT2D eigenvalue weighted by molar-refractivity contribution is 6.31. The number of nitrogens with zero attached hydrogens (tertiary/aromatic N) is 4. The van der Waals surface area contributed by atoms with Crippen molar-refractivity contribution in [3.63, 3.8) is 0 Å². The molecule has 2 aromatic rings. The van der Waals surface area contributed by atoms with Crippen molar-refractivity contribution >= 4 is 35.2 Å². The van der Waals surface area contributed by atoms with Crippen molar-refractivity contribution in [2.24, 2.45) is 14.1 Å². The van der Waals surface area contributed by atoms with Gasteiger partial charge in [0.1, 0.15) is 5.15 Å². The SMILES string of the molecule is Cc1nn(C)c(Cl)c1/C=C/C(=O)OC(C)C(=O)Nc1c(C)nn(C)c1C. The van der Waals surface area contributed by atoms with E-state index in [-0.39, 0.29) is 0 Å². The predicted molar refractivity (Wildman–Crippen MR) is 98.9 cm³/mol. The monoisotopic (exact) mass is 379 g/mol. The minimum Gasteiger partial charge on any atom is -0.449 e. The normalized spacial score (nSPS) is 12.4. The van der Waals surface area contributed by atoms with Gasteiger partial charge in [0.2, 0.25) is 0 Å². The van der Waals surface area contributed by atoms with Crippen LogP contribution in [0.25, 0.3) is 6.08 Å². The number of ether oxygens (including phenoxy) is 1. The van der Waals surface area contributed by atoms with E-state index in [0.29, 0.717) is 27.8 Å². The summed E-state index contributed by atoms with van der Waals surface area (Å²) in [5, 5.41) is 11.5. The number of esters is 1. The van der Waals surface area contributed by atoms with E-state index in [2.05, 4.69) is 15.5 Å². The minimum absolute atomic E-state index is 0.417. The lowest BCUT2D eigenvalue weighted by Gasteiger charge is -2.12. The molecular formula is C17H22ClN5O3. The maximum absolute atomic E-state index is 12.3. The summed E-state index contributed by atoms with van der Waals surface area (Å²) in [4.78, 5) is 24.2. The Kier molecular flexibility index (Phi) is 5.86. The van der Waals surface area contributed by atoms with E-state index in [0.717, 1.165) is 5.69 Å². The molecule has 0 aliphatic carbocycles. The van der Waals surface area contributed by atoms with Gasteiger partial charge in [-0.15, -0.1) is 0 Å². The molecule has 0 radical (unpaired) electrons. The predicted octanol–water partition coefficient (Wildman–Crippen LogP) is 2.32. The van der Waals surface area contributed by atoms with Crippen LogP contribution in [0.2, 0.25) is 5.15 Å². The van der Waals surface area contributed by atoms with E-state index >= 15 is 0 Å². The molecule has 2 rings (SSSR count). The third kappa shape index (κ3) is 4.13. The van der Waals surface area contributed by atoms with Gasteiger partial charge in [-0.25, -0.2) is 4.79 Å². The average molecular weight is 380 g/mol. The average Bonchev–Trinajstić information content (AvgIpc) is 2.94. The Hall–Kier alpha value is -2.61. The Balaban J connectivity index is 2.00. The lowest BCUT2D eigenvalue weighted by molar-refractivity contribution is -0.148. The number of halogens is 1. The third-order valence-electron chi connectivity index (χ3n) is 4.00. The lowest BCUT2D eigenvalue weighted by atomic mass is 10.2. The van der Waals surface area contributed by atoms with Crippen LogP contribution in [0.1, 0.15) is 29.6 Å². The van der Waals surface area contributed by atoms with Gasteiger partial charge >= 0.3 is 5.97 Å². The molecule has 0 spiro atoms. The zero-order valence-electron chi connectivity index (χ0n) is 15.6. The molecule has 0 aliphatic rings. The number of anilines is 1. The first-order valence-electron chi connectivity index (χ1n) is 8.00. The van der Waals surface area contributed by atoms with Crippen molar-refractivity contribution in [1.29, 1.82) is 0 Å². The fourth-order valence-electron chi connectivity index (χ4n) is 2.43. The molecule has 2 aromatic heterocycles. The third-order valence-corrected chi connectivity index (χ3v) is 4.45. The van der Waals surface area contributed by atoms with Gasteiger partial charge < -0.3 is 10.1 Å². The number of carbonyl (C=O) groups excluding carboxylic acids is 2. The topological polar surface area (TPSA) is 91.0 Å². The van der Waals surface area contributed by atoms with Gasteiger partial charge in [-0.2, -0.15) is 10.2 Å². The zero-order chi connectivity index (χ0) is 19.6. The molecule has 0 aromatic carbocycles. The summed E-state index contributed by atoms with van der Waals surface area (Å²) in [5.41, 5.74) is 3.45. The fourth-order valence-corrected chi connectivity index (χ4v) is 2.67. The van der Waals surface area contributed by atoms with E-state index < -0.39 is 18.0 Å². The van der Waals surface area contributed by atoms with Gasteiger partial charge in [-0.3, -0.25) is 14.2 Å². The number of aryl methyl sites for hydroxylation is 4. The Morgan fingerprint density at radius 1 is 1.15 bits per heavy atom. The fraction of sp³-hybridized carbons (Fsp3) is 0.412. The first kappa shape index (κ1) is 19.7. The van der Waals surface area contributed by atoms with Gasteiger partial charge in [0.15, 0.2) is 6.10 Å². The summed E-state index contributed by atoms with van der Waals surface area (Å²) in [6, 6.07) is 0. The number of hydrogen-bond acceptors (Lipinski definition) is 5. The molecule has 0 bridgehead atoms. The molecule has 1 atom stereocenters. The summed E-state index contributed by atoms with van der Waals surface area (Å²) in [7, 11) is 3.50. The first-order valence-corrected chi connectivity index (χ1v) is 8.38. The van der Waals surface area contributed by atoms with E-state index in [1.165, 1.54) is 23.8 Å². The molecule has 0 saturated carbocycles. The molecule has 26 heavy (non-hydrogen) atoms. The van der Waals surface area contributed by atoms with Gasteiger partial charge in [0.25, 0.3) is 5.91 Å². The van der Waals surface area contributed by atoms with Crippen molar-refractivity contribution in [2.45, 2.75) is 33.8 Å². The quantitative estimate of drug-likeness (QED) is 0.635. The Bertz CT molecular complexity index is 882. The van der Waals surface area contributed by atoms with E-state index in [4.69, 9.17) is 16.3 Å². The van der Waals surface area contributed by atoms with Crippen LogP contribution in [-0.4, -0.2) is 37.5 Å². The highest BCUT2D eigenvalue weighted by atomic mass is 35.5. The molecule has 9 heteroatoms. The molecule has 1 unspecified atom stereocenters. The molecule has 0 fully saturated rings. The maximum Gasteiger partial charge on any atom is 0.331 e. The van der Waals surface area contributed by atoms with E-state index in [1.54, 1.807) is 32.6 Å². The maximum atomic E-state index is 12.3. The second-order valence-electron chi connectivity index (χ2n) is 5.98. The van der Waals surface area contributed by atoms with Crippen molar-refractivity contribution in [3.8, 4) is 0 Å². The summed E-state index contributed by atoms with van der Waals surface area (Å²) in [6.07, 6.45) is 1.78. The standard InChI is InChI=1S/C17H22ClN5O3/c1-9-13(16(18)23(6)20-9)7-8-14(24)26-12(4)17(25)19-15-10(2)21-22(5)11(15)3/h7-8,12H,1-6H3,(H,19,25)/b8-7+. The summed E-state index contributed by atoms with van der Waals surface area (Å²) < 4.78 is 8.33.